The van der Waals surface area contributed by atoms with E-state index >= 15 is 0 Å². The van der Waals surface area contributed by atoms with Crippen LogP contribution in [0.2, 0.25) is 0 Å². The highest BCUT2D eigenvalue weighted by Gasteiger charge is 2.21. The number of esters is 2. The summed E-state index contributed by atoms with van der Waals surface area (Å²) in [4.78, 5) is 22.7. The van der Waals surface area contributed by atoms with Crippen LogP contribution in [-0.2, 0) is 28.5 Å². The molecule has 0 aromatic heterocycles. The van der Waals surface area contributed by atoms with Gasteiger partial charge in [0.1, 0.15) is 25.2 Å². The molecule has 1 unspecified atom stereocenters. The molecule has 0 radical (unpaired) electrons. The molecule has 0 saturated carbocycles. The van der Waals surface area contributed by atoms with Gasteiger partial charge < -0.3 is 24.1 Å². The topological polar surface area (TPSA) is 91.3 Å². The molecular weight excluding hydrogens is 268 g/mol. The normalized spacial score (nSPS) is 12.1. The Kier molecular flexibility index (Phi) is 9.61. The lowest BCUT2D eigenvalue weighted by molar-refractivity contribution is -0.157. The third-order valence-corrected chi connectivity index (χ3v) is 2.24. The third kappa shape index (κ3) is 7.88. The van der Waals surface area contributed by atoms with Gasteiger partial charge in [0.25, 0.3) is 0 Å². The van der Waals surface area contributed by atoms with Crippen molar-refractivity contribution in [1.29, 1.82) is 0 Å². The Hall–Kier alpha value is -1.44. The average molecular weight is 290 g/mol. The van der Waals surface area contributed by atoms with Gasteiger partial charge >= 0.3 is 11.9 Å². The molecule has 0 aliphatic rings. The molecule has 20 heavy (non-hydrogen) atoms. The largest absolute Gasteiger partial charge is 0.462 e. The molecule has 0 bridgehead atoms. The molecule has 7 nitrogen and oxygen atoms in total. The molecule has 1 atom stereocenters. The summed E-state index contributed by atoms with van der Waals surface area (Å²) in [5, 5.41) is 9.52. The maximum absolute atomic E-state index is 11.7. The van der Waals surface area contributed by atoms with Crippen molar-refractivity contribution in [3.63, 3.8) is 0 Å². The van der Waals surface area contributed by atoms with Crippen molar-refractivity contribution >= 4 is 11.9 Å². The Morgan fingerprint density at radius 1 is 1.05 bits per heavy atom. The van der Waals surface area contributed by atoms with Crippen molar-refractivity contribution in [3.8, 4) is 0 Å². The lowest BCUT2D eigenvalue weighted by Gasteiger charge is -2.16. The Labute approximate surface area is 118 Å². The summed E-state index contributed by atoms with van der Waals surface area (Å²) in [6.45, 7) is 4.68. The zero-order chi connectivity index (χ0) is 15.5. The van der Waals surface area contributed by atoms with Crippen LogP contribution in [0.15, 0.2) is 12.2 Å². The molecule has 1 N–H and O–H groups in total. The Balaban J connectivity index is 4.02. The summed E-state index contributed by atoms with van der Waals surface area (Å²) in [7, 11) is 2.92. The predicted molar refractivity (Wildman–Crippen MR) is 70.0 cm³/mol. The first-order chi connectivity index (χ1) is 9.42. The zero-order valence-electron chi connectivity index (χ0n) is 12.1. The lowest BCUT2D eigenvalue weighted by Crippen LogP contribution is -2.31. The van der Waals surface area contributed by atoms with Crippen LogP contribution in [0.25, 0.3) is 0 Å². The van der Waals surface area contributed by atoms with Crippen molar-refractivity contribution in [2.24, 2.45) is 5.92 Å². The molecule has 7 heteroatoms. The summed E-state index contributed by atoms with van der Waals surface area (Å²) in [5.74, 6) is -1.71. The summed E-state index contributed by atoms with van der Waals surface area (Å²) in [5.41, 5.74) is 0.231. The lowest BCUT2D eigenvalue weighted by atomic mass is 10.2. The SMILES string of the molecule is C=C(C)C(=O)OCC(O)COC(=O)C(COC)COC. The van der Waals surface area contributed by atoms with Crippen LogP contribution < -0.4 is 0 Å². The maximum Gasteiger partial charge on any atom is 0.333 e. The van der Waals surface area contributed by atoms with E-state index in [-0.39, 0.29) is 32.0 Å². The molecule has 0 aliphatic carbocycles. The van der Waals surface area contributed by atoms with Gasteiger partial charge in [-0.2, -0.15) is 0 Å². The fourth-order valence-electron chi connectivity index (χ4n) is 1.23. The Morgan fingerprint density at radius 2 is 1.55 bits per heavy atom. The molecule has 0 rings (SSSR count). The summed E-state index contributed by atoms with van der Waals surface area (Å²) in [6.07, 6.45) is -1.09. The quantitative estimate of drug-likeness (QED) is 0.444. The number of aliphatic hydroxyl groups excluding tert-OH is 1. The van der Waals surface area contributed by atoms with Crippen LogP contribution in [0.3, 0.4) is 0 Å². The number of aliphatic hydroxyl groups is 1. The highest BCUT2D eigenvalue weighted by atomic mass is 16.6. The molecule has 0 heterocycles. The summed E-state index contributed by atoms with van der Waals surface area (Å²) in [6, 6.07) is 0. The minimum atomic E-state index is -1.09. The first-order valence-electron chi connectivity index (χ1n) is 6.07. The van der Waals surface area contributed by atoms with Crippen LogP contribution in [0.4, 0.5) is 0 Å². The molecule has 0 aromatic carbocycles. The van der Waals surface area contributed by atoms with E-state index in [0.29, 0.717) is 0 Å². The van der Waals surface area contributed by atoms with Gasteiger partial charge in [0.15, 0.2) is 0 Å². The van der Waals surface area contributed by atoms with Crippen molar-refractivity contribution in [1.82, 2.24) is 0 Å². The number of hydrogen-bond acceptors (Lipinski definition) is 7. The van der Waals surface area contributed by atoms with Gasteiger partial charge in [0.2, 0.25) is 0 Å². The first-order valence-corrected chi connectivity index (χ1v) is 6.07. The van der Waals surface area contributed by atoms with Crippen LogP contribution in [-0.4, -0.2) is 63.8 Å². The van der Waals surface area contributed by atoms with Gasteiger partial charge in [0.05, 0.1) is 13.2 Å². The number of ether oxygens (including phenoxy) is 4. The second-order valence-electron chi connectivity index (χ2n) is 4.27. The molecule has 0 aliphatic heterocycles. The average Bonchev–Trinajstić information content (AvgIpc) is 2.41. The van der Waals surface area contributed by atoms with Crippen LogP contribution in [0, 0.1) is 5.92 Å². The first kappa shape index (κ1) is 18.6. The van der Waals surface area contributed by atoms with Crippen molar-refractivity contribution in [2.45, 2.75) is 13.0 Å². The van der Waals surface area contributed by atoms with Gasteiger partial charge in [-0.3, -0.25) is 4.79 Å². The molecule has 116 valence electrons. The molecular formula is C13H22O7. The van der Waals surface area contributed by atoms with Gasteiger partial charge in [0, 0.05) is 19.8 Å². The van der Waals surface area contributed by atoms with E-state index in [0.717, 1.165) is 0 Å². The van der Waals surface area contributed by atoms with E-state index in [1.165, 1.54) is 21.1 Å². The Morgan fingerprint density at radius 3 is 2.00 bits per heavy atom. The number of methoxy groups -OCH3 is 2. The minimum Gasteiger partial charge on any atom is -0.462 e. The standard InChI is InChI=1S/C13H22O7/c1-9(2)12(15)19-7-11(14)8-20-13(16)10(5-17-3)6-18-4/h10-11,14H,1,5-8H2,2-4H3. The molecule has 0 spiro atoms. The second kappa shape index (κ2) is 10.4. The van der Waals surface area contributed by atoms with Gasteiger partial charge in [-0.15, -0.1) is 0 Å². The Bertz CT molecular complexity index is 321. The number of carbonyl (C=O) groups excluding carboxylic acids is 2. The van der Waals surface area contributed by atoms with Crippen LogP contribution in [0.1, 0.15) is 6.92 Å². The van der Waals surface area contributed by atoms with E-state index in [2.05, 4.69) is 6.58 Å². The maximum atomic E-state index is 11.7. The smallest absolute Gasteiger partial charge is 0.333 e. The van der Waals surface area contributed by atoms with Crippen LogP contribution >= 0.6 is 0 Å². The fourth-order valence-corrected chi connectivity index (χ4v) is 1.23. The van der Waals surface area contributed by atoms with Crippen molar-refractivity contribution in [3.05, 3.63) is 12.2 Å². The summed E-state index contributed by atoms with van der Waals surface area (Å²) < 4.78 is 19.4. The van der Waals surface area contributed by atoms with Crippen molar-refractivity contribution in [2.75, 3.05) is 40.6 Å². The molecule has 0 saturated heterocycles. The molecule has 0 amide bonds. The number of rotatable bonds is 10. The van der Waals surface area contributed by atoms with Crippen LogP contribution in [0.5, 0.6) is 0 Å². The van der Waals surface area contributed by atoms with E-state index in [9.17, 15) is 14.7 Å². The number of carbonyl (C=O) groups is 2. The minimum absolute atomic E-state index is 0.160. The predicted octanol–water partition coefficient (Wildman–Crippen LogP) is -0.0812. The second-order valence-corrected chi connectivity index (χ2v) is 4.27. The fraction of sp³-hybridized carbons (Fsp3) is 0.692. The highest BCUT2D eigenvalue weighted by Crippen LogP contribution is 2.03. The molecule has 0 aromatic rings. The van der Waals surface area contributed by atoms with E-state index in [1.54, 1.807) is 0 Å². The highest BCUT2D eigenvalue weighted by molar-refractivity contribution is 5.86. The monoisotopic (exact) mass is 290 g/mol. The van der Waals surface area contributed by atoms with Crippen molar-refractivity contribution < 1.29 is 33.6 Å². The molecule has 0 fully saturated rings. The third-order valence-electron chi connectivity index (χ3n) is 2.24. The van der Waals surface area contributed by atoms with Gasteiger partial charge in [-0.25, -0.2) is 4.79 Å². The van der Waals surface area contributed by atoms with E-state index < -0.39 is 24.0 Å². The van der Waals surface area contributed by atoms with E-state index in [4.69, 9.17) is 18.9 Å². The van der Waals surface area contributed by atoms with Gasteiger partial charge in [-0.1, -0.05) is 6.58 Å². The summed E-state index contributed by atoms with van der Waals surface area (Å²) >= 11 is 0. The zero-order valence-corrected chi connectivity index (χ0v) is 12.1. The van der Waals surface area contributed by atoms with E-state index in [1.807, 2.05) is 0 Å². The number of hydrogen-bond donors (Lipinski definition) is 1. The van der Waals surface area contributed by atoms with Gasteiger partial charge in [-0.05, 0) is 6.92 Å².